The van der Waals surface area contributed by atoms with Gasteiger partial charge >= 0.3 is 0 Å². The van der Waals surface area contributed by atoms with Gasteiger partial charge in [-0.1, -0.05) is 57.2 Å². The van der Waals surface area contributed by atoms with E-state index in [0.717, 1.165) is 5.92 Å². The van der Waals surface area contributed by atoms with Gasteiger partial charge in [-0.25, -0.2) is 0 Å². The summed E-state index contributed by atoms with van der Waals surface area (Å²) in [6.45, 7) is 14.5. The van der Waals surface area contributed by atoms with Crippen LogP contribution in [0, 0.1) is 16.7 Å². The van der Waals surface area contributed by atoms with Crippen LogP contribution in [0.15, 0.2) is 0 Å². The van der Waals surface area contributed by atoms with Crippen LogP contribution in [-0.2, 0) is 0 Å². The monoisotopic (exact) mass is 294 g/mol. The first-order valence-electron chi connectivity index (χ1n) is 5.27. The molecule has 1 aliphatic carbocycles. The van der Waals surface area contributed by atoms with E-state index in [4.69, 9.17) is 0 Å². The first kappa shape index (κ1) is 11.8. The minimum atomic E-state index is 0.459. The molecular weight excluding hydrogens is 271 g/mol. The Bertz CT molecular complexity index is 201. The van der Waals surface area contributed by atoms with E-state index in [1.807, 2.05) is 0 Å². The Kier molecular flexibility index (Phi) is 2.82. The zero-order valence-corrected chi connectivity index (χ0v) is 12.0. The fourth-order valence-corrected chi connectivity index (χ4v) is 3.54. The molecule has 0 radical (unpaired) electrons. The highest BCUT2D eigenvalue weighted by molar-refractivity contribution is 14.1. The van der Waals surface area contributed by atoms with Gasteiger partial charge in [-0.3, -0.25) is 0 Å². The minimum Gasteiger partial charge on any atom is -0.0783 e. The molecule has 0 aromatic rings. The lowest BCUT2D eigenvalue weighted by Gasteiger charge is -2.54. The molecule has 0 aromatic heterocycles. The lowest BCUT2D eigenvalue weighted by Crippen LogP contribution is -2.50. The summed E-state index contributed by atoms with van der Waals surface area (Å²) in [6.07, 6.45) is 2.72. The minimum absolute atomic E-state index is 0.459. The molecule has 1 aliphatic rings. The molecule has 13 heavy (non-hydrogen) atoms. The molecule has 2 unspecified atom stereocenters. The van der Waals surface area contributed by atoms with E-state index in [1.54, 1.807) is 0 Å². The van der Waals surface area contributed by atoms with E-state index in [0.29, 0.717) is 14.3 Å². The predicted octanol–water partition coefficient (Wildman–Crippen LogP) is 4.66. The Hall–Kier alpha value is 0.730. The van der Waals surface area contributed by atoms with Crippen molar-refractivity contribution in [2.75, 3.05) is 0 Å². The topological polar surface area (TPSA) is 0 Å². The van der Waals surface area contributed by atoms with E-state index in [2.05, 4.69) is 64.1 Å². The second-order valence-corrected chi connectivity index (χ2v) is 8.65. The molecule has 1 saturated carbocycles. The van der Waals surface area contributed by atoms with Crippen LogP contribution >= 0.6 is 22.6 Å². The van der Waals surface area contributed by atoms with Gasteiger partial charge in [0.15, 0.2) is 0 Å². The number of hydrogen-bond donors (Lipinski definition) is 0. The van der Waals surface area contributed by atoms with E-state index < -0.39 is 0 Å². The van der Waals surface area contributed by atoms with Crippen molar-refractivity contribution in [3.05, 3.63) is 0 Å². The van der Waals surface area contributed by atoms with Crippen molar-refractivity contribution in [3.63, 3.8) is 0 Å². The van der Waals surface area contributed by atoms with E-state index in [-0.39, 0.29) is 0 Å². The zero-order valence-electron chi connectivity index (χ0n) is 9.87. The predicted molar refractivity (Wildman–Crippen MR) is 68.4 cm³/mol. The Morgan fingerprint density at radius 1 is 1.08 bits per heavy atom. The normalized spacial score (nSPS) is 43.2. The fraction of sp³-hybridized carbons (Fsp3) is 1.00. The van der Waals surface area contributed by atoms with Gasteiger partial charge < -0.3 is 0 Å². The van der Waals surface area contributed by atoms with Gasteiger partial charge in [-0.15, -0.1) is 0 Å². The zero-order chi connectivity index (χ0) is 10.5. The SMILES string of the molecule is CC1CC(C)(C)CC(C)(C)C1(C)I. The van der Waals surface area contributed by atoms with Crippen LogP contribution in [0.4, 0.5) is 0 Å². The third-order valence-corrected chi connectivity index (χ3v) is 6.55. The molecular formula is C12H23I. The van der Waals surface area contributed by atoms with Crippen LogP contribution in [0.5, 0.6) is 0 Å². The number of halogens is 1. The maximum Gasteiger partial charge on any atom is 0.0271 e. The maximum absolute atomic E-state index is 2.68. The van der Waals surface area contributed by atoms with Crippen molar-refractivity contribution < 1.29 is 0 Å². The highest BCUT2D eigenvalue weighted by atomic mass is 127. The van der Waals surface area contributed by atoms with Crippen molar-refractivity contribution in [2.24, 2.45) is 16.7 Å². The summed E-state index contributed by atoms with van der Waals surface area (Å²) >= 11 is 2.68. The summed E-state index contributed by atoms with van der Waals surface area (Å²) in [7, 11) is 0. The maximum atomic E-state index is 2.68. The highest BCUT2D eigenvalue weighted by Gasteiger charge is 2.50. The third kappa shape index (κ3) is 2.05. The number of hydrogen-bond acceptors (Lipinski definition) is 0. The smallest absolute Gasteiger partial charge is 0.0271 e. The Morgan fingerprint density at radius 3 is 1.92 bits per heavy atom. The Balaban J connectivity index is 2.96. The molecule has 1 rings (SSSR count). The first-order valence-corrected chi connectivity index (χ1v) is 6.35. The van der Waals surface area contributed by atoms with Crippen molar-refractivity contribution in [2.45, 2.75) is 57.8 Å². The van der Waals surface area contributed by atoms with Crippen LogP contribution in [0.1, 0.15) is 54.4 Å². The van der Waals surface area contributed by atoms with Gasteiger partial charge in [0.1, 0.15) is 0 Å². The molecule has 0 heterocycles. The van der Waals surface area contributed by atoms with Crippen LogP contribution < -0.4 is 0 Å². The Morgan fingerprint density at radius 2 is 1.54 bits per heavy atom. The molecule has 0 saturated heterocycles. The molecule has 0 N–H and O–H groups in total. The summed E-state index contributed by atoms with van der Waals surface area (Å²) in [5.74, 6) is 0.826. The fourth-order valence-electron chi connectivity index (χ4n) is 3.13. The second-order valence-electron chi connectivity index (χ2n) is 6.41. The molecule has 0 aliphatic heterocycles. The van der Waals surface area contributed by atoms with Crippen molar-refractivity contribution in [1.82, 2.24) is 0 Å². The van der Waals surface area contributed by atoms with Crippen LogP contribution in [0.2, 0.25) is 0 Å². The quantitative estimate of drug-likeness (QED) is 0.450. The standard InChI is InChI=1S/C12H23I/c1-9-7-10(2,3)8-11(4,5)12(9,6)13/h9H,7-8H2,1-6H3. The number of alkyl halides is 1. The molecule has 2 atom stereocenters. The lowest BCUT2D eigenvalue weighted by atomic mass is 9.57. The van der Waals surface area contributed by atoms with Gasteiger partial charge in [0, 0.05) is 3.42 Å². The van der Waals surface area contributed by atoms with Gasteiger partial charge in [0.2, 0.25) is 0 Å². The first-order chi connectivity index (χ1) is 5.58. The van der Waals surface area contributed by atoms with Gasteiger partial charge in [-0.2, -0.15) is 0 Å². The average Bonchev–Trinajstić information content (AvgIpc) is 1.80. The van der Waals surface area contributed by atoms with Gasteiger partial charge in [0.05, 0.1) is 0 Å². The van der Waals surface area contributed by atoms with E-state index in [9.17, 15) is 0 Å². The molecule has 0 spiro atoms. The van der Waals surface area contributed by atoms with E-state index >= 15 is 0 Å². The van der Waals surface area contributed by atoms with Crippen molar-refractivity contribution in [1.29, 1.82) is 0 Å². The Labute approximate surface area is 97.0 Å². The van der Waals surface area contributed by atoms with Crippen LogP contribution in [0.25, 0.3) is 0 Å². The summed E-state index contributed by atoms with van der Waals surface area (Å²) in [5.41, 5.74) is 1.00. The second kappa shape index (κ2) is 3.11. The van der Waals surface area contributed by atoms with Crippen molar-refractivity contribution in [3.8, 4) is 0 Å². The molecule has 1 fully saturated rings. The molecule has 0 aromatic carbocycles. The van der Waals surface area contributed by atoms with E-state index in [1.165, 1.54) is 12.8 Å². The van der Waals surface area contributed by atoms with Crippen LogP contribution in [-0.4, -0.2) is 3.42 Å². The highest BCUT2D eigenvalue weighted by Crippen LogP contribution is 2.57. The lowest BCUT2D eigenvalue weighted by molar-refractivity contribution is 0.0466. The summed E-state index contributed by atoms with van der Waals surface area (Å²) in [5, 5.41) is 0. The van der Waals surface area contributed by atoms with Gasteiger partial charge in [0.25, 0.3) is 0 Å². The summed E-state index contributed by atoms with van der Waals surface area (Å²) in [6, 6.07) is 0. The molecule has 0 nitrogen and oxygen atoms in total. The number of rotatable bonds is 0. The molecule has 0 bridgehead atoms. The van der Waals surface area contributed by atoms with Crippen molar-refractivity contribution >= 4 is 22.6 Å². The van der Waals surface area contributed by atoms with Crippen LogP contribution in [0.3, 0.4) is 0 Å². The molecule has 0 amide bonds. The summed E-state index contributed by atoms with van der Waals surface area (Å²) in [4.78, 5) is 0. The molecule has 1 heteroatoms. The largest absolute Gasteiger partial charge is 0.0783 e. The average molecular weight is 294 g/mol. The summed E-state index contributed by atoms with van der Waals surface area (Å²) < 4.78 is 0.459. The molecule has 78 valence electrons. The third-order valence-electron chi connectivity index (χ3n) is 4.03. The van der Waals surface area contributed by atoms with Gasteiger partial charge in [-0.05, 0) is 36.5 Å².